The molecule has 0 spiro atoms. The van der Waals surface area contributed by atoms with Gasteiger partial charge >= 0.3 is 0 Å². The van der Waals surface area contributed by atoms with Crippen LogP contribution in [0.3, 0.4) is 0 Å². The molecule has 2 heterocycles. The molecule has 0 aliphatic carbocycles. The molecule has 2 N–H and O–H groups in total. The normalized spacial score (nSPS) is 14.0. The number of aromatic nitrogens is 5. The summed E-state index contributed by atoms with van der Waals surface area (Å²) in [4.78, 5) is 3.92. The van der Waals surface area contributed by atoms with Gasteiger partial charge in [0.15, 0.2) is 0 Å². The van der Waals surface area contributed by atoms with Crippen LogP contribution in [0.1, 0.15) is 29.8 Å². The topological polar surface area (TPSA) is 80.8 Å². The van der Waals surface area contributed by atoms with Crippen molar-refractivity contribution in [3.63, 3.8) is 0 Å². The van der Waals surface area contributed by atoms with Gasteiger partial charge in [-0.05, 0) is 55.8 Å². The molecule has 0 amide bonds. The molecule has 2 aromatic heterocycles. The molecule has 38 heavy (non-hydrogen) atoms. The van der Waals surface area contributed by atoms with Crippen molar-refractivity contribution in [3.05, 3.63) is 106 Å². The summed E-state index contributed by atoms with van der Waals surface area (Å²) >= 11 is 12.3. The van der Waals surface area contributed by atoms with Crippen LogP contribution in [0, 0.1) is 18.6 Å². The quantitative estimate of drug-likeness (QED) is 0.235. The zero-order valence-electron chi connectivity index (χ0n) is 20.5. The van der Waals surface area contributed by atoms with Crippen molar-refractivity contribution in [3.8, 4) is 0 Å². The fourth-order valence-corrected chi connectivity index (χ4v) is 5.08. The van der Waals surface area contributed by atoms with Gasteiger partial charge in [-0.3, -0.25) is 4.68 Å². The van der Waals surface area contributed by atoms with Crippen molar-refractivity contribution in [2.75, 3.05) is 5.32 Å². The highest BCUT2D eigenvalue weighted by Crippen LogP contribution is 2.38. The second kappa shape index (κ2) is 10.3. The standard InChI is InChI=1S/C27H24Cl2F2N6O/c1-16-22-11-21(33-12-18-3-4-19(28)9-24(18)29)6-8-26(22)37(35-16)17(2)27(38,13-36-15-32-14-34-36)23-7-5-20(30)10-25(23)31/h3-11,14-15,17,33,38H,12-13H2,1-2H3/t17-,27-/m1/s1. The number of halogens is 4. The molecule has 5 rings (SSSR count). The molecule has 0 saturated carbocycles. The maximum atomic E-state index is 15.0. The third-order valence-corrected chi connectivity index (χ3v) is 7.30. The van der Waals surface area contributed by atoms with E-state index in [1.165, 1.54) is 23.4 Å². The first kappa shape index (κ1) is 26.1. The highest BCUT2D eigenvalue weighted by Gasteiger charge is 2.41. The molecule has 196 valence electrons. The minimum absolute atomic E-state index is 0.0682. The van der Waals surface area contributed by atoms with Crippen LogP contribution in [-0.2, 0) is 18.7 Å². The number of aliphatic hydroxyl groups is 1. The van der Waals surface area contributed by atoms with Crippen LogP contribution in [-0.4, -0.2) is 29.7 Å². The Hall–Kier alpha value is -3.53. The molecule has 11 heteroatoms. The third-order valence-electron chi connectivity index (χ3n) is 6.71. The van der Waals surface area contributed by atoms with E-state index in [1.807, 2.05) is 31.2 Å². The van der Waals surface area contributed by atoms with Gasteiger partial charge in [-0.15, -0.1) is 0 Å². The Kier molecular flexibility index (Phi) is 7.09. The lowest BCUT2D eigenvalue weighted by molar-refractivity contribution is -0.0355. The Bertz CT molecular complexity index is 1610. The van der Waals surface area contributed by atoms with Gasteiger partial charge in [-0.25, -0.2) is 18.4 Å². The Labute approximate surface area is 227 Å². The van der Waals surface area contributed by atoms with E-state index in [-0.39, 0.29) is 12.1 Å². The number of benzene rings is 3. The van der Waals surface area contributed by atoms with E-state index in [0.29, 0.717) is 16.6 Å². The molecule has 7 nitrogen and oxygen atoms in total. The molecule has 0 unspecified atom stereocenters. The second-order valence-corrected chi connectivity index (χ2v) is 10.0. The third kappa shape index (κ3) is 4.97. The monoisotopic (exact) mass is 556 g/mol. The zero-order valence-corrected chi connectivity index (χ0v) is 22.0. The molecular weight excluding hydrogens is 533 g/mol. The van der Waals surface area contributed by atoms with Gasteiger partial charge < -0.3 is 10.4 Å². The van der Waals surface area contributed by atoms with E-state index in [1.54, 1.807) is 23.7 Å². The Morgan fingerprint density at radius 1 is 1.08 bits per heavy atom. The highest BCUT2D eigenvalue weighted by molar-refractivity contribution is 6.35. The van der Waals surface area contributed by atoms with Crippen molar-refractivity contribution in [2.45, 2.75) is 38.6 Å². The van der Waals surface area contributed by atoms with Crippen LogP contribution in [0.25, 0.3) is 10.9 Å². The van der Waals surface area contributed by atoms with Gasteiger partial charge in [0.25, 0.3) is 0 Å². The average Bonchev–Trinajstić information content (AvgIpc) is 3.50. The number of rotatable bonds is 8. The smallest absolute Gasteiger partial charge is 0.137 e. The molecule has 3 aromatic carbocycles. The van der Waals surface area contributed by atoms with Crippen LogP contribution < -0.4 is 5.32 Å². The van der Waals surface area contributed by atoms with Crippen LogP contribution >= 0.6 is 23.2 Å². The van der Waals surface area contributed by atoms with E-state index in [0.717, 1.165) is 40.0 Å². The summed E-state index contributed by atoms with van der Waals surface area (Å²) in [5, 5.41) is 26.1. The Morgan fingerprint density at radius 3 is 2.61 bits per heavy atom. The maximum Gasteiger partial charge on any atom is 0.137 e. The molecule has 0 saturated heterocycles. The van der Waals surface area contributed by atoms with Crippen molar-refractivity contribution in [1.29, 1.82) is 0 Å². The van der Waals surface area contributed by atoms with E-state index in [4.69, 9.17) is 28.3 Å². The lowest BCUT2D eigenvalue weighted by Crippen LogP contribution is -2.41. The Balaban J connectivity index is 1.50. The number of nitrogens with one attached hydrogen (secondary N) is 1. The van der Waals surface area contributed by atoms with Gasteiger partial charge in [0.2, 0.25) is 0 Å². The van der Waals surface area contributed by atoms with Gasteiger partial charge in [-0.1, -0.05) is 35.3 Å². The number of fused-ring (bicyclic) bond motifs is 1. The summed E-state index contributed by atoms with van der Waals surface area (Å²) in [6, 6.07) is 13.4. The average molecular weight is 557 g/mol. The minimum atomic E-state index is -1.83. The van der Waals surface area contributed by atoms with E-state index >= 15 is 0 Å². The van der Waals surface area contributed by atoms with Crippen LogP contribution in [0.5, 0.6) is 0 Å². The van der Waals surface area contributed by atoms with Gasteiger partial charge in [0.1, 0.15) is 29.9 Å². The summed E-state index contributed by atoms with van der Waals surface area (Å²) < 4.78 is 31.8. The van der Waals surface area contributed by atoms with Crippen LogP contribution in [0.15, 0.2) is 67.3 Å². The fourth-order valence-electron chi connectivity index (χ4n) is 4.61. The summed E-state index contributed by atoms with van der Waals surface area (Å²) in [5.74, 6) is -1.60. The van der Waals surface area contributed by atoms with Crippen LogP contribution in [0.2, 0.25) is 10.0 Å². The predicted molar refractivity (Wildman–Crippen MR) is 143 cm³/mol. The number of hydrogen-bond donors (Lipinski definition) is 2. The molecule has 0 fully saturated rings. The molecule has 0 radical (unpaired) electrons. The predicted octanol–water partition coefficient (Wildman–Crippen LogP) is 6.28. The second-order valence-electron chi connectivity index (χ2n) is 9.17. The van der Waals surface area contributed by atoms with Gasteiger partial charge in [0.05, 0.1) is 23.8 Å². The van der Waals surface area contributed by atoms with Crippen molar-refractivity contribution in [2.24, 2.45) is 0 Å². The fraction of sp³-hybridized carbons (Fsp3) is 0.222. The summed E-state index contributed by atoms with van der Waals surface area (Å²) in [5.41, 5.74) is 1.31. The van der Waals surface area contributed by atoms with Crippen molar-refractivity contribution < 1.29 is 13.9 Å². The number of nitrogens with zero attached hydrogens (tertiary/aromatic N) is 5. The molecule has 2 atom stereocenters. The summed E-state index contributed by atoms with van der Waals surface area (Å²) in [7, 11) is 0. The first-order valence-electron chi connectivity index (χ1n) is 11.8. The lowest BCUT2D eigenvalue weighted by Gasteiger charge is -2.35. The summed E-state index contributed by atoms with van der Waals surface area (Å²) in [6.45, 7) is 3.96. The first-order chi connectivity index (χ1) is 18.2. The molecule has 5 aromatic rings. The molecular formula is C27H24Cl2F2N6O. The number of aryl methyl sites for hydroxylation is 1. The largest absolute Gasteiger partial charge is 0.381 e. The first-order valence-corrected chi connectivity index (χ1v) is 12.6. The van der Waals surface area contributed by atoms with Gasteiger partial charge in [0, 0.05) is 39.3 Å². The van der Waals surface area contributed by atoms with Crippen molar-refractivity contribution >= 4 is 39.8 Å². The lowest BCUT2D eigenvalue weighted by atomic mass is 9.86. The van der Waals surface area contributed by atoms with E-state index in [9.17, 15) is 13.9 Å². The molecule has 0 bridgehead atoms. The van der Waals surface area contributed by atoms with Crippen molar-refractivity contribution in [1.82, 2.24) is 24.5 Å². The number of anilines is 1. The van der Waals surface area contributed by atoms with E-state index in [2.05, 4.69) is 15.4 Å². The maximum absolute atomic E-state index is 15.0. The van der Waals surface area contributed by atoms with Gasteiger partial charge in [-0.2, -0.15) is 10.2 Å². The minimum Gasteiger partial charge on any atom is -0.381 e. The SMILES string of the molecule is Cc1nn([C@H](C)[C@](O)(Cn2cncn2)c2ccc(F)cc2F)c2ccc(NCc3ccc(Cl)cc3Cl)cc12. The summed E-state index contributed by atoms with van der Waals surface area (Å²) in [6.07, 6.45) is 2.75. The van der Waals surface area contributed by atoms with Crippen LogP contribution in [0.4, 0.5) is 14.5 Å². The Morgan fingerprint density at radius 2 is 1.89 bits per heavy atom. The molecule has 0 aliphatic heterocycles. The zero-order chi connectivity index (χ0) is 27.0. The number of hydrogen-bond acceptors (Lipinski definition) is 5. The molecule has 0 aliphatic rings. The van der Waals surface area contributed by atoms with E-state index < -0.39 is 23.3 Å². The highest BCUT2D eigenvalue weighted by atomic mass is 35.5.